The van der Waals surface area contributed by atoms with Crippen molar-refractivity contribution in [3.63, 3.8) is 0 Å². The fourth-order valence-electron chi connectivity index (χ4n) is 3.94. The zero-order valence-electron chi connectivity index (χ0n) is 21.7. The van der Waals surface area contributed by atoms with Gasteiger partial charge in [-0.15, -0.1) is 0 Å². The predicted molar refractivity (Wildman–Crippen MR) is 147 cm³/mol. The van der Waals surface area contributed by atoms with Gasteiger partial charge in [-0.25, -0.2) is 16.8 Å². The van der Waals surface area contributed by atoms with Gasteiger partial charge in [-0.2, -0.15) is 4.31 Å². The molecule has 1 aliphatic heterocycles. The highest BCUT2D eigenvalue weighted by atomic mass is 32.2. The first-order valence-corrected chi connectivity index (χ1v) is 15.3. The summed E-state index contributed by atoms with van der Waals surface area (Å²) in [7, 11) is -7.49. The molecule has 0 spiro atoms. The number of amides is 1. The smallest absolute Gasteiger partial charge is 0.262 e. The fraction of sp³-hybridized carbons (Fsp3) is 0.296. The third kappa shape index (κ3) is 7.15. The second-order valence-electron chi connectivity index (χ2n) is 9.04. The zero-order chi connectivity index (χ0) is 28.0. The van der Waals surface area contributed by atoms with Crippen LogP contribution in [0, 0.1) is 13.8 Å². The van der Waals surface area contributed by atoms with Crippen LogP contribution < -0.4 is 14.8 Å². The van der Waals surface area contributed by atoms with Gasteiger partial charge in [-0.05, 0) is 67.9 Å². The maximum absolute atomic E-state index is 13.0. The van der Waals surface area contributed by atoms with Crippen molar-refractivity contribution in [1.29, 1.82) is 0 Å². The number of ether oxygens (including phenoxy) is 2. The quantitative estimate of drug-likeness (QED) is 0.357. The number of rotatable bonds is 10. The fourth-order valence-corrected chi connectivity index (χ4v) is 6.68. The van der Waals surface area contributed by atoms with Gasteiger partial charge >= 0.3 is 0 Å². The Morgan fingerprint density at radius 3 is 2.26 bits per heavy atom. The van der Waals surface area contributed by atoms with Gasteiger partial charge in [0.05, 0.1) is 29.5 Å². The summed E-state index contributed by atoms with van der Waals surface area (Å²) >= 11 is 0. The highest BCUT2D eigenvalue weighted by molar-refractivity contribution is 7.92. The lowest BCUT2D eigenvalue weighted by molar-refractivity contribution is 0.0730. The van der Waals surface area contributed by atoms with Crippen molar-refractivity contribution in [3.05, 3.63) is 83.4 Å². The number of hydrogen-bond acceptors (Lipinski definition) is 7. The molecular weight excluding hydrogens is 542 g/mol. The van der Waals surface area contributed by atoms with E-state index in [0.29, 0.717) is 43.3 Å². The summed E-state index contributed by atoms with van der Waals surface area (Å²) in [6, 6.07) is 17.5. The van der Waals surface area contributed by atoms with E-state index < -0.39 is 26.0 Å². The molecular formula is C27H31N3O7S2. The summed E-state index contributed by atoms with van der Waals surface area (Å²) in [5.74, 6) is 0.00779. The number of nitrogens with one attached hydrogen (secondary N) is 2. The number of carbonyl (C=O) groups excluding carboxylic acids is 1. The van der Waals surface area contributed by atoms with Crippen molar-refractivity contribution in [2.24, 2.45) is 0 Å². The third-order valence-electron chi connectivity index (χ3n) is 6.13. The van der Waals surface area contributed by atoms with Crippen LogP contribution in [0.15, 0.2) is 76.5 Å². The minimum absolute atomic E-state index is 0.0131. The topological polar surface area (TPSA) is 131 Å². The van der Waals surface area contributed by atoms with E-state index in [2.05, 4.69) is 10.0 Å². The molecule has 0 unspecified atom stereocenters. The minimum Gasteiger partial charge on any atom is -0.492 e. The summed E-state index contributed by atoms with van der Waals surface area (Å²) in [6.45, 7) is 5.24. The third-order valence-corrected chi connectivity index (χ3v) is 9.57. The number of aryl methyl sites for hydroxylation is 2. The monoisotopic (exact) mass is 573 g/mol. The number of hydrogen-bond donors (Lipinski definition) is 2. The number of morpholine rings is 1. The zero-order valence-corrected chi connectivity index (χ0v) is 23.3. The molecule has 12 heteroatoms. The van der Waals surface area contributed by atoms with Gasteiger partial charge in [0.15, 0.2) is 0 Å². The SMILES string of the molecule is Cc1ccc(NS(=O)(=O)c2cc(C(=O)NCCOc3ccc(S(=O)(=O)N4CCOCC4)cc3)ccc2C)cc1. The average Bonchev–Trinajstić information content (AvgIpc) is 2.93. The van der Waals surface area contributed by atoms with Crippen molar-refractivity contribution in [1.82, 2.24) is 9.62 Å². The van der Waals surface area contributed by atoms with Crippen LogP contribution in [0.25, 0.3) is 0 Å². The Bertz CT molecular complexity index is 1520. The molecule has 0 aromatic heterocycles. The molecule has 208 valence electrons. The summed E-state index contributed by atoms with van der Waals surface area (Å²) in [5, 5.41) is 2.71. The summed E-state index contributed by atoms with van der Waals surface area (Å²) in [6.07, 6.45) is 0. The van der Waals surface area contributed by atoms with E-state index in [1.165, 1.54) is 22.5 Å². The van der Waals surface area contributed by atoms with Crippen molar-refractivity contribution in [2.75, 3.05) is 44.2 Å². The molecule has 0 atom stereocenters. The molecule has 2 N–H and O–H groups in total. The Morgan fingerprint density at radius 1 is 0.923 bits per heavy atom. The maximum Gasteiger partial charge on any atom is 0.262 e. The molecule has 0 radical (unpaired) electrons. The van der Waals surface area contributed by atoms with Gasteiger partial charge in [0, 0.05) is 24.3 Å². The largest absolute Gasteiger partial charge is 0.492 e. The average molecular weight is 574 g/mol. The number of sulfonamides is 2. The van der Waals surface area contributed by atoms with Crippen LogP contribution in [0.5, 0.6) is 5.75 Å². The number of carbonyl (C=O) groups is 1. The second kappa shape index (κ2) is 12.2. The molecule has 39 heavy (non-hydrogen) atoms. The van der Waals surface area contributed by atoms with Gasteiger partial charge in [0.1, 0.15) is 12.4 Å². The highest BCUT2D eigenvalue weighted by Crippen LogP contribution is 2.22. The number of nitrogens with zero attached hydrogens (tertiary/aromatic N) is 1. The van der Waals surface area contributed by atoms with Gasteiger partial charge in [-0.1, -0.05) is 23.8 Å². The summed E-state index contributed by atoms with van der Waals surface area (Å²) in [4.78, 5) is 12.9. The van der Waals surface area contributed by atoms with Crippen LogP contribution in [-0.2, 0) is 24.8 Å². The van der Waals surface area contributed by atoms with Crippen LogP contribution >= 0.6 is 0 Å². The van der Waals surface area contributed by atoms with E-state index in [-0.39, 0.29) is 28.5 Å². The van der Waals surface area contributed by atoms with E-state index in [1.54, 1.807) is 55.5 Å². The molecule has 10 nitrogen and oxygen atoms in total. The molecule has 3 aromatic carbocycles. The first kappa shape index (κ1) is 28.6. The van der Waals surface area contributed by atoms with Crippen molar-refractivity contribution in [3.8, 4) is 5.75 Å². The molecule has 0 bridgehead atoms. The lowest BCUT2D eigenvalue weighted by Crippen LogP contribution is -2.40. The lowest BCUT2D eigenvalue weighted by atomic mass is 10.1. The highest BCUT2D eigenvalue weighted by Gasteiger charge is 2.26. The van der Waals surface area contributed by atoms with Crippen LogP contribution in [0.4, 0.5) is 5.69 Å². The molecule has 0 aliphatic carbocycles. The van der Waals surface area contributed by atoms with Gasteiger partial charge < -0.3 is 14.8 Å². The number of anilines is 1. The van der Waals surface area contributed by atoms with Crippen molar-refractivity contribution in [2.45, 2.75) is 23.6 Å². The second-order valence-corrected chi connectivity index (χ2v) is 12.6. The predicted octanol–water partition coefficient (Wildman–Crippen LogP) is 2.93. The summed E-state index contributed by atoms with van der Waals surface area (Å²) in [5.41, 5.74) is 2.14. The molecule has 4 rings (SSSR count). The van der Waals surface area contributed by atoms with Crippen molar-refractivity contribution >= 4 is 31.6 Å². The first-order valence-electron chi connectivity index (χ1n) is 12.4. The van der Waals surface area contributed by atoms with Gasteiger partial charge in [0.2, 0.25) is 10.0 Å². The van der Waals surface area contributed by atoms with Gasteiger partial charge in [0.25, 0.3) is 15.9 Å². The van der Waals surface area contributed by atoms with E-state index in [0.717, 1.165) is 5.56 Å². The molecule has 1 saturated heterocycles. The Kier molecular flexibility index (Phi) is 8.90. The molecule has 0 saturated carbocycles. The van der Waals surface area contributed by atoms with Crippen LogP contribution in [-0.4, -0.2) is 66.5 Å². The maximum atomic E-state index is 13.0. The standard InChI is InChI=1S/C27H31N3O7S2/c1-20-3-7-23(8-4-20)29-38(32,33)26-19-22(6-5-21(26)2)27(31)28-13-16-37-24-9-11-25(12-10-24)39(34,35)30-14-17-36-18-15-30/h3-12,19,29H,13-18H2,1-2H3,(H,28,31). The normalized spacial score (nSPS) is 14.5. The summed E-state index contributed by atoms with van der Waals surface area (Å²) < 4.78 is 66.2. The Balaban J connectivity index is 1.32. The molecule has 1 amide bonds. The van der Waals surface area contributed by atoms with Crippen LogP contribution in [0.2, 0.25) is 0 Å². The van der Waals surface area contributed by atoms with E-state index >= 15 is 0 Å². The van der Waals surface area contributed by atoms with Crippen molar-refractivity contribution < 1.29 is 31.1 Å². The van der Waals surface area contributed by atoms with E-state index in [9.17, 15) is 21.6 Å². The molecule has 1 fully saturated rings. The minimum atomic E-state index is -3.90. The first-order chi connectivity index (χ1) is 18.6. The van der Waals surface area contributed by atoms with E-state index in [4.69, 9.17) is 9.47 Å². The number of benzene rings is 3. The Hall–Kier alpha value is -3.45. The Morgan fingerprint density at radius 2 is 1.59 bits per heavy atom. The lowest BCUT2D eigenvalue weighted by Gasteiger charge is -2.26. The molecule has 1 heterocycles. The Labute approximate surface area is 229 Å². The molecule has 1 aliphatic rings. The van der Waals surface area contributed by atoms with Crippen LogP contribution in [0.3, 0.4) is 0 Å². The van der Waals surface area contributed by atoms with Crippen LogP contribution in [0.1, 0.15) is 21.5 Å². The van der Waals surface area contributed by atoms with Gasteiger partial charge in [-0.3, -0.25) is 9.52 Å². The molecule has 3 aromatic rings. The van der Waals surface area contributed by atoms with E-state index in [1.807, 2.05) is 6.92 Å².